The summed E-state index contributed by atoms with van der Waals surface area (Å²) in [5.74, 6) is 0.104. The zero-order valence-corrected chi connectivity index (χ0v) is 5.47. The molecular formula is C8H7FN. The Hall–Kier alpha value is -0.920. The van der Waals surface area contributed by atoms with E-state index in [2.05, 4.69) is 11.2 Å². The van der Waals surface area contributed by atoms with Crippen LogP contribution in [0.1, 0.15) is 24.3 Å². The number of aromatic nitrogens is 1. The molecule has 0 atom stereocenters. The second kappa shape index (κ2) is 2.04. The van der Waals surface area contributed by atoms with Gasteiger partial charge in [0, 0.05) is 5.56 Å². The monoisotopic (exact) mass is 136 g/mol. The first-order chi connectivity index (χ1) is 4.88. The highest BCUT2D eigenvalue weighted by molar-refractivity contribution is 5.20. The first-order valence-electron chi connectivity index (χ1n) is 3.40. The van der Waals surface area contributed by atoms with E-state index in [1.165, 1.54) is 0 Å². The van der Waals surface area contributed by atoms with Gasteiger partial charge in [-0.05, 0) is 24.8 Å². The quantitative estimate of drug-likeness (QED) is 0.537. The van der Waals surface area contributed by atoms with Gasteiger partial charge in [-0.15, -0.1) is 0 Å². The summed E-state index contributed by atoms with van der Waals surface area (Å²) in [7, 11) is 0. The predicted molar refractivity (Wildman–Crippen MR) is 35.0 cm³/mol. The lowest BCUT2D eigenvalue weighted by Crippen LogP contribution is -1.89. The summed E-state index contributed by atoms with van der Waals surface area (Å²) in [4.78, 5) is 3.45. The molecule has 1 heterocycles. The van der Waals surface area contributed by atoms with Gasteiger partial charge in [0.2, 0.25) is 5.95 Å². The van der Waals surface area contributed by atoms with E-state index in [0.717, 1.165) is 18.4 Å². The van der Waals surface area contributed by atoms with Crippen molar-refractivity contribution in [1.29, 1.82) is 0 Å². The highest BCUT2D eigenvalue weighted by atomic mass is 19.1. The molecule has 0 amide bonds. The minimum atomic E-state index is -0.343. The molecule has 0 N–H and O–H groups in total. The van der Waals surface area contributed by atoms with E-state index in [1.807, 2.05) is 0 Å². The zero-order valence-electron chi connectivity index (χ0n) is 5.47. The summed E-state index contributed by atoms with van der Waals surface area (Å²) < 4.78 is 12.7. The fourth-order valence-electron chi connectivity index (χ4n) is 1.05. The van der Waals surface area contributed by atoms with Gasteiger partial charge in [-0.3, -0.25) is 0 Å². The molecule has 1 saturated carbocycles. The highest BCUT2D eigenvalue weighted by Crippen LogP contribution is 2.40. The summed E-state index contributed by atoms with van der Waals surface area (Å²) in [6.45, 7) is 0. The molecule has 0 aliphatic heterocycles. The van der Waals surface area contributed by atoms with Crippen molar-refractivity contribution in [3.05, 3.63) is 29.8 Å². The molecule has 1 aromatic rings. The van der Waals surface area contributed by atoms with Crippen LogP contribution in [0, 0.1) is 12.1 Å². The van der Waals surface area contributed by atoms with Crippen LogP contribution in [0.5, 0.6) is 0 Å². The Morgan fingerprint density at radius 3 is 3.00 bits per heavy atom. The maximum Gasteiger partial charge on any atom is 0.216 e. The molecule has 0 unspecified atom stereocenters. The number of rotatable bonds is 1. The van der Waals surface area contributed by atoms with E-state index < -0.39 is 0 Å². The molecule has 0 aromatic carbocycles. The lowest BCUT2D eigenvalue weighted by Gasteiger charge is -1.95. The van der Waals surface area contributed by atoms with Crippen LogP contribution in [0.2, 0.25) is 0 Å². The smallest absolute Gasteiger partial charge is 0.216 e. The fourth-order valence-corrected chi connectivity index (χ4v) is 1.05. The van der Waals surface area contributed by atoms with Crippen molar-refractivity contribution in [2.24, 2.45) is 0 Å². The first-order valence-corrected chi connectivity index (χ1v) is 3.40. The number of hydrogen-bond donors (Lipinski definition) is 0. The Labute approximate surface area is 58.9 Å². The second-order valence-electron chi connectivity index (χ2n) is 2.59. The van der Waals surface area contributed by atoms with Crippen LogP contribution >= 0.6 is 0 Å². The average molecular weight is 136 g/mol. The van der Waals surface area contributed by atoms with Crippen LogP contribution < -0.4 is 0 Å². The lowest BCUT2D eigenvalue weighted by molar-refractivity contribution is 0.566. The molecule has 2 rings (SSSR count). The third-order valence-corrected chi connectivity index (χ3v) is 1.76. The predicted octanol–water partition coefficient (Wildman–Crippen LogP) is 1.90. The molecule has 1 aliphatic carbocycles. The van der Waals surface area contributed by atoms with Crippen molar-refractivity contribution in [2.75, 3.05) is 0 Å². The first kappa shape index (κ1) is 5.83. The Balaban J connectivity index is 2.39. The third-order valence-electron chi connectivity index (χ3n) is 1.76. The third kappa shape index (κ3) is 0.897. The largest absolute Gasteiger partial charge is 0.218 e. The van der Waals surface area contributed by atoms with Crippen molar-refractivity contribution >= 4 is 0 Å². The second-order valence-corrected chi connectivity index (χ2v) is 2.59. The normalized spacial score (nSPS) is 17.3. The van der Waals surface area contributed by atoms with Crippen molar-refractivity contribution in [1.82, 2.24) is 4.98 Å². The minimum Gasteiger partial charge on any atom is -0.218 e. The lowest BCUT2D eigenvalue weighted by atomic mass is 10.2. The van der Waals surface area contributed by atoms with Gasteiger partial charge in [0.1, 0.15) is 0 Å². The molecule has 0 saturated heterocycles. The average Bonchev–Trinajstić information content (AvgIpc) is 2.71. The molecule has 1 aliphatic rings. The summed E-state index contributed by atoms with van der Waals surface area (Å²) in [6.07, 6.45) is 4.69. The number of halogens is 1. The van der Waals surface area contributed by atoms with Crippen LogP contribution in [-0.2, 0) is 0 Å². The van der Waals surface area contributed by atoms with E-state index in [9.17, 15) is 4.39 Å². The van der Waals surface area contributed by atoms with Crippen molar-refractivity contribution in [3.8, 4) is 0 Å². The number of hydrogen-bond acceptors (Lipinski definition) is 1. The van der Waals surface area contributed by atoms with Crippen LogP contribution in [0.15, 0.2) is 12.1 Å². The van der Waals surface area contributed by atoms with E-state index in [0.29, 0.717) is 5.92 Å². The van der Waals surface area contributed by atoms with Crippen LogP contribution in [0.3, 0.4) is 0 Å². The molecule has 51 valence electrons. The number of pyridine rings is 1. The van der Waals surface area contributed by atoms with Gasteiger partial charge in [0.15, 0.2) is 0 Å². The molecule has 1 fully saturated rings. The van der Waals surface area contributed by atoms with Gasteiger partial charge < -0.3 is 0 Å². The van der Waals surface area contributed by atoms with Crippen LogP contribution in [0.25, 0.3) is 0 Å². The van der Waals surface area contributed by atoms with E-state index in [-0.39, 0.29) is 5.95 Å². The van der Waals surface area contributed by atoms with Crippen LogP contribution in [0.4, 0.5) is 4.39 Å². The molecule has 0 spiro atoms. The molecule has 1 aromatic heterocycles. The Morgan fingerprint density at radius 2 is 2.40 bits per heavy atom. The van der Waals surface area contributed by atoms with Gasteiger partial charge in [-0.2, -0.15) is 4.39 Å². The van der Waals surface area contributed by atoms with Gasteiger partial charge in [-0.25, -0.2) is 4.98 Å². The van der Waals surface area contributed by atoms with Gasteiger partial charge in [-0.1, -0.05) is 6.07 Å². The van der Waals surface area contributed by atoms with Gasteiger partial charge in [0.05, 0.1) is 6.20 Å². The Kier molecular flexibility index (Phi) is 1.19. The highest BCUT2D eigenvalue weighted by Gasteiger charge is 2.26. The summed E-state index contributed by atoms with van der Waals surface area (Å²) >= 11 is 0. The number of nitrogens with zero attached hydrogens (tertiary/aromatic N) is 1. The fraction of sp³-hybridized carbons (Fsp3) is 0.375. The maximum absolute atomic E-state index is 12.7. The molecule has 1 radical (unpaired) electrons. The summed E-state index contributed by atoms with van der Waals surface area (Å²) in [5, 5.41) is 0. The molecule has 1 nitrogen and oxygen atoms in total. The zero-order chi connectivity index (χ0) is 6.97. The van der Waals surface area contributed by atoms with E-state index >= 15 is 0 Å². The standard InChI is InChI=1S/C8H7FN/c9-8-7(6-3-4-6)2-1-5-10-8/h1-2,6H,3-4H2. The molecule has 2 heteroatoms. The van der Waals surface area contributed by atoms with E-state index in [1.54, 1.807) is 12.1 Å². The molecule has 0 bridgehead atoms. The van der Waals surface area contributed by atoms with Crippen molar-refractivity contribution in [3.63, 3.8) is 0 Å². The summed E-state index contributed by atoms with van der Waals surface area (Å²) in [6, 6.07) is 3.43. The van der Waals surface area contributed by atoms with Crippen molar-refractivity contribution < 1.29 is 4.39 Å². The van der Waals surface area contributed by atoms with Gasteiger partial charge >= 0.3 is 0 Å². The molecule has 10 heavy (non-hydrogen) atoms. The van der Waals surface area contributed by atoms with Crippen molar-refractivity contribution in [2.45, 2.75) is 18.8 Å². The minimum absolute atomic E-state index is 0.343. The topological polar surface area (TPSA) is 12.9 Å². The van der Waals surface area contributed by atoms with E-state index in [4.69, 9.17) is 0 Å². The molecular weight excluding hydrogens is 129 g/mol. The Morgan fingerprint density at radius 1 is 1.60 bits per heavy atom. The van der Waals surface area contributed by atoms with Gasteiger partial charge in [0.25, 0.3) is 0 Å². The Bertz CT molecular complexity index is 243. The van der Waals surface area contributed by atoms with Crippen LogP contribution in [-0.4, -0.2) is 4.98 Å². The summed E-state index contributed by atoms with van der Waals surface area (Å²) in [5.41, 5.74) is 0.763. The maximum atomic E-state index is 12.7. The SMILES string of the molecule is Fc1n[c]ccc1C1CC1.